The Hall–Kier alpha value is -1.77. The summed E-state index contributed by atoms with van der Waals surface area (Å²) in [4.78, 5) is 15.9. The maximum atomic E-state index is 11.9. The predicted octanol–water partition coefficient (Wildman–Crippen LogP) is 1.43. The maximum absolute atomic E-state index is 11.9. The van der Waals surface area contributed by atoms with Crippen LogP contribution in [0.15, 0.2) is 12.1 Å². The average Bonchev–Trinajstić information content (AvgIpc) is 2.75. The molecule has 0 bridgehead atoms. The Morgan fingerprint density at radius 3 is 2.83 bits per heavy atom. The van der Waals surface area contributed by atoms with E-state index >= 15 is 0 Å². The van der Waals surface area contributed by atoms with E-state index in [4.69, 9.17) is 17.4 Å². The smallest absolute Gasteiger partial charge is 0.277 e. The number of hydrogen-bond donors (Lipinski definition) is 3. The number of nitrogen functional groups attached to an aromatic ring is 1. The Morgan fingerprint density at radius 2 is 2.22 bits per heavy atom. The number of pyridine rings is 1. The van der Waals surface area contributed by atoms with Crippen LogP contribution in [0.5, 0.6) is 0 Å². The van der Waals surface area contributed by atoms with Crippen LogP contribution >= 0.6 is 22.9 Å². The number of nitrogens with zero attached hydrogens (tertiary/aromatic N) is 3. The minimum absolute atomic E-state index is 0.0694. The van der Waals surface area contributed by atoms with Crippen LogP contribution in [0, 0.1) is 6.92 Å². The molecule has 0 unspecified atom stereocenters. The van der Waals surface area contributed by atoms with Gasteiger partial charge in [0.1, 0.15) is 16.5 Å². The van der Waals surface area contributed by atoms with Gasteiger partial charge in [-0.25, -0.2) is 10.8 Å². The Morgan fingerprint density at radius 1 is 1.44 bits per heavy atom. The molecule has 2 aromatic heterocycles. The van der Waals surface area contributed by atoms with Crippen molar-refractivity contribution in [2.24, 2.45) is 5.84 Å². The highest BCUT2D eigenvalue weighted by molar-refractivity contribution is 7.15. The van der Waals surface area contributed by atoms with E-state index in [1.807, 2.05) is 0 Å². The molecule has 0 fully saturated rings. The van der Waals surface area contributed by atoms with Gasteiger partial charge in [-0.05, 0) is 19.1 Å². The molecule has 2 rings (SSSR count). The number of anilines is 2. The zero-order valence-corrected chi connectivity index (χ0v) is 10.8. The Bertz CT molecular complexity index is 586. The van der Waals surface area contributed by atoms with E-state index in [9.17, 15) is 4.79 Å². The fraction of sp³-hybridized carbons (Fsp3) is 0.111. The van der Waals surface area contributed by atoms with Gasteiger partial charge in [0.15, 0.2) is 0 Å². The SMILES string of the molecule is Cc1nnc(NC(=O)c2nc(NN)ccc2Cl)s1. The number of aryl methyl sites for hydroxylation is 1. The van der Waals surface area contributed by atoms with E-state index in [0.717, 1.165) is 5.01 Å². The van der Waals surface area contributed by atoms with E-state index in [1.54, 1.807) is 13.0 Å². The van der Waals surface area contributed by atoms with Gasteiger partial charge < -0.3 is 5.43 Å². The van der Waals surface area contributed by atoms with Crippen molar-refractivity contribution in [1.29, 1.82) is 0 Å². The molecule has 0 spiro atoms. The van der Waals surface area contributed by atoms with Gasteiger partial charge in [-0.2, -0.15) is 0 Å². The molecule has 1 amide bonds. The van der Waals surface area contributed by atoms with Crippen LogP contribution in [0.3, 0.4) is 0 Å². The molecule has 0 aliphatic heterocycles. The molecule has 0 aliphatic rings. The molecule has 9 heteroatoms. The number of halogens is 1. The molecule has 0 atom stereocenters. The summed E-state index contributed by atoms with van der Waals surface area (Å²) in [5.74, 6) is 5.10. The standard InChI is InChI=1S/C9H9ClN6OS/c1-4-15-16-9(18-4)13-8(17)7-5(10)2-3-6(12-7)14-11/h2-3H,11H2,1H3,(H,12,14)(H,13,16,17). The first-order valence-electron chi connectivity index (χ1n) is 4.85. The summed E-state index contributed by atoms with van der Waals surface area (Å²) in [5, 5.41) is 11.5. The first kappa shape index (κ1) is 12.7. The van der Waals surface area contributed by atoms with Crippen molar-refractivity contribution >= 4 is 39.8 Å². The third kappa shape index (κ3) is 2.73. The van der Waals surface area contributed by atoms with Crippen LogP contribution in [0.1, 0.15) is 15.5 Å². The Balaban J connectivity index is 2.23. The van der Waals surface area contributed by atoms with Crippen LogP contribution in [0.4, 0.5) is 10.9 Å². The highest BCUT2D eigenvalue weighted by Gasteiger charge is 2.15. The van der Waals surface area contributed by atoms with Crippen LogP contribution < -0.4 is 16.6 Å². The minimum Gasteiger partial charge on any atom is -0.308 e. The maximum Gasteiger partial charge on any atom is 0.277 e. The van der Waals surface area contributed by atoms with Gasteiger partial charge in [-0.3, -0.25) is 10.1 Å². The summed E-state index contributed by atoms with van der Waals surface area (Å²) >= 11 is 7.16. The van der Waals surface area contributed by atoms with Crippen molar-refractivity contribution in [3.63, 3.8) is 0 Å². The number of carbonyl (C=O) groups excluding carboxylic acids is 1. The molecular weight excluding hydrogens is 276 g/mol. The lowest BCUT2D eigenvalue weighted by Gasteiger charge is -2.05. The highest BCUT2D eigenvalue weighted by Crippen LogP contribution is 2.19. The molecule has 2 heterocycles. The highest BCUT2D eigenvalue weighted by atomic mass is 35.5. The summed E-state index contributed by atoms with van der Waals surface area (Å²) in [6.45, 7) is 1.79. The molecule has 0 saturated heterocycles. The number of hydrogen-bond acceptors (Lipinski definition) is 7. The predicted molar refractivity (Wildman–Crippen MR) is 69.7 cm³/mol. The molecule has 0 radical (unpaired) electrons. The zero-order chi connectivity index (χ0) is 13.1. The second kappa shape index (κ2) is 5.25. The lowest BCUT2D eigenvalue weighted by Crippen LogP contribution is -2.16. The minimum atomic E-state index is -0.465. The fourth-order valence-electron chi connectivity index (χ4n) is 1.19. The van der Waals surface area contributed by atoms with Crippen molar-refractivity contribution < 1.29 is 4.79 Å². The molecule has 94 valence electrons. The van der Waals surface area contributed by atoms with Crippen molar-refractivity contribution in [3.8, 4) is 0 Å². The quantitative estimate of drug-likeness (QED) is 0.581. The number of aromatic nitrogens is 3. The number of carbonyl (C=O) groups is 1. The van der Waals surface area contributed by atoms with Gasteiger partial charge in [-0.1, -0.05) is 22.9 Å². The topological polar surface area (TPSA) is 106 Å². The van der Waals surface area contributed by atoms with Crippen molar-refractivity contribution in [2.75, 3.05) is 10.7 Å². The van der Waals surface area contributed by atoms with Crippen molar-refractivity contribution in [2.45, 2.75) is 6.92 Å². The summed E-state index contributed by atoms with van der Waals surface area (Å²) in [6, 6.07) is 3.10. The van der Waals surface area contributed by atoms with Gasteiger partial charge in [0.25, 0.3) is 5.91 Å². The van der Waals surface area contributed by atoms with Crippen LogP contribution in [-0.2, 0) is 0 Å². The summed E-state index contributed by atoms with van der Waals surface area (Å²) in [7, 11) is 0. The Kier molecular flexibility index (Phi) is 3.70. The summed E-state index contributed by atoms with van der Waals surface area (Å²) in [6.07, 6.45) is 0. The number of rotatable bonds is 3. The van der Waals surface area contributed by atoms with Crippen LogP contribution in [-0.4, -0.2) is 21.1 Å². The van der Waals surface area contributed by atoms with Gasteiger partial charge in [0.05, 0.1) is 5.02 Å². The monoisotopic (exact) mass is 284 g/mol. The molecule has 0 saturated carbocycles. The lowest BCUT2D eigenvalue weighted by molar-refractivity contribution is 0.102. The second-order valence-corrected chi connectivity index (χ2v) is 4.84. The lowest BCUT2D eigenvalue weighted by atomic mass is 10.3. The van der Waals surface area contributed by atoms with E-state index in [1.165, 1.54) is 17.4 Å². The van der Waals surface area contributed by atoms with Gasteiger partial charge in [0, 0.05) is 0 Å². The van der Waals surface area contributed by atoms with Gasteiger partial charge in [0.2, 0.25) is 5.13 Å². The number of hydrazine groups is 1. The Labute approximate surface area is 111 Å². The summed E-state index contributed by atoms with van der Waals surface area (Å²) < 4.78 is 0. The molecule has 0 aromatic carbocycles. The second-order valence-electron chi connectivity index (χ2n) is 3.25. The van der Waals surface area contributed by atoms with E-state index in [-0.39, 0.29) is 10.7 Å². The molecule has 18 heavy (non-hydrogen) atoms. The number of nitrogens with two attached hydrogens (primary N) is 1. The molecule has 2 aromatic rings. The third-order valence-electron chi connectivity index (χ3n) is 1.96. The van der Waals surface area contributed by atoms with Crippen LogP contribution in [0.25, 0.3) is 0 Å². The number of nitrogens with one attached hydrogen (secondary N) is 2. The van der Waals surface area contributed by atoms with E-state index in [2.05, 4.69) is 25.9 Å². The zero-order valence-electron chi connectivity index (χ0n) is 9.27. The molecular formula is C9H9ClN6OS. The molecule has 7 nitrogen and oxygen atoms in total. The normalized spacial score (nSPS) is 10.2. The first-order chi connectivity index (χ1) is 8.60. The fourth-order valence-corrected chi connectivity index (χ4v) is 1.96. The summed E-state index contributed by atoms with van der Waals surface area (Å²) in [5.41, 5.74) is 2.41. The molecule has 4 N–H and O–H groups in total. The number of amides is 1. The van der Waals surface area contributed by atoms with Crippen LogP contribution in [0.2, 0.25) is 5.02 Å². The average molecular weight is 285 g/mol. The third-order valence-corrected chi connectivity index (χ3v) is 3.01. The first-order valence-corrected chi connectivity index (χ1v) is 6.04. The van der Waals surface area contributed by atoms with Gasteiger partial charge in [-0.15, -0.1) is 10.2 Å². The van der Waals surface area contributed by atoms with E-state index in [0.29, 0.717) is 10.9 Å². The van der Waals surface area contributed by atoms with Gasteiger partial charge >= 0.3 is 0 Å². The van der Waals surface area contributed by atoms with E-state index < -0.39 is 5.91 Å². The largest absolute Gasteiger partial charge is 0.308 e. The molecule has 0 aliphatic carbocycles. The van der Waals surface area contributed by atoms with Crippen molar-refractivity contribution in [1.82, 2.24) is 15.2 Å². The van der Waals surface area contributed by atoms with Crippen molar-refractivity contribution in [3.05, 3.63) is 27.9 Å².